The number of nitrogens with zero attached hydrogens (tertiary/aromatic N) is 6. The van der Waals surface area contributed by atoms with Crippen LogP contribution in [0, 0.1) is 19.3 Å². The third-order valence-electron chi connectivity index (χ3n) is 9.58. The van der Waals surface area contributed by atoms with Crippen LogP contribution in [0.15, 0.2) is 30.5 Å². The van der Waals surface area contributed by atoms with Gasteiger partial charge in [-0.1, -0.05) is 32.0 Å². The molecule has 44 heavy (non-hydrogen) atoms. The molecule has 0 spiro atoms. The molecule has 1 N–H and O–H groups in total. The number of aryl methyl sites for hydroxylation is 2. The molecular weight excluding hydrogens is 552 g/mol. The Kier molecular flexibility index (Phi) is 8.26. The zero-order valence-electron chi connectivity index (χ0n) is 27.1. The fourth-order valence-corrected chi connectivity index (χ4v) is 7.17. The summed E-state index contributed by atoms with van der Waals surface area (Å²) < 4.78 is 5.92. The van der Waals surface area contributed by atoms with Crippen LogP contribution in [-0.4, -0.2) is 71.0 Å². The summed E-state index contributed by atoms with van der Waals surface area (Å²) in [7, 11) is 0. The third-order valence-corrected chi connectivity index (χ3v) is 9.58. The molecule has 9 nitrogen and oxygen atoms in total. The zero-order valence-corrected chi connectivity index (χ0v) is 27.1. The van der Waals surface area contributed by atoms with Crippen LogP contribution in [0.5, 0.6) is 0 Å². The molecule has 6 rings (SSSR count). The van der Waals surface area contributed by atoms with Gasteiger partial charge in [0.25, 0.3) is 0 Å². The Morgan fingerprint density at radius 1 is 0.955 bits per heavy atom. The monoisotopic (exact) mass is 598 g/mol. The van der Waals surface area contributed by atoms with Gasteiger partial charge in [0.15, 0.2) is 0 Å². The quantitative estimate of drug-likeness (QED) is 0.390. The highest BCUT2D eigenvalue weighted by atomic mass is 16.5. The lowest BCUT2D eigenvalue weighted by atomic mass is 9.82. The number of hydrogen-bond donors (Lipinski definition) is 1. The average molecular weight is 599 g/mol. The number of anilines is 3. The number of aliphatic carboxylic acids is 1. The number of aromatic nitrogens is 3. The second kappa shape index (κ2) is 12.0. The molecule has 9 heteroatoms. The van der Waals surface area contributed by atoms with E-state index in [9.17, 15) is 9.90 Å². The van der Waals surface area contributed by atoms with E-state index >= 15 is 0 Å². The summed E-state index contributed by atoms with van der Waals surface area (Å²) in [5, 5.41) is 9.85. The van der Waals surface area contributed by atoms with Gasteiger partial charge < -0.3 is 24.5 Å². The van der Waals surface area contributed by atoms with Crippen molar-refractivity contribution in [3.63, 3.8) is 0 Å². The van der Waals surface area contributed by atoms with Crippen molar-refractivity contribution in [3.05, 3.63) is 58.5 Å². The van der Waals surface area contributed by atoms with Gasteiger partial charge in [-0.25, -0.2) is 4.98 Å². The Morgan fingerprint density at radius 2 is 1.68 bits per heavy atom. The van der Waals surface area contributed by atoms with Gasteiger partial charge in [0, 0.05) is 68.0 Å². The summed E-state index contributed by atoms with van der Waals surface area (Å²) in [6, 6.07) is 8.72. The van der Waals surface area contributed by atoms with Crippen LogP contribution < -0.4 is 14.7 Å². The van der Waals surface area contributed by atoms with Crippen LogP contribution >= 0.6 is 0 Å². The fourth-order valence-electron chi connectivity index (χ4n) is 7.17. The Bertz CT molecular complexity index is 1540. The molecule has 0 saturated carbocycles. The topological polar surface area (TPSA) is 94.9 Å². The van der Waals surface area contributed by atoms with Crippen LogP contribution in [0.2, 0.25) is 0 Å². The fraction of sp³-hybridized carbons (Fsp3) is 0.543. The molecule has 2 saturated heterocycles. The Labute approximate surface area is 261 Å². The van der Waals surface area contributed by atoms with Gasteiger partial charge in [0.1, 0.15) is 5.82 Å². The molecule has 234 valence electrons. The SMILES string of the molecule is Cc1nc(C)c(-c2ccc3c(c2)CCN(c2nccc(N4CC(C)OC(C)C4)n2)C3)c(N2CCC(C)(C)CC2)c1CC(=O)O. The highest BCUT2D eigenvalue weighted by Crippen LogP contribution is 2.42. The van der Waals surface area contributed by atoms with Crippen molar-refractivity contribution in [2.45, 2.75) is 86.0 Å². The molecule has 3 aliphatic heterocycles. The average Bonchev–Trinajstić information content (AvgIpc) is 2.97. The number of fused-ring (bicyclic) bond motifs is 1. The minimum atomic E-state index is -0.822. The van der Waals surface area contributed by atoms with Crippen molar-refractivity contribution in [2.75, 3.05) is 47.4 Å². The van der Waals surface area contributed by atoms with E-state index in [0.29, 0.717) is 5.41 Å². The molecule has 5 heterocycles. The Balaban J connectivity index is 1.30. The number of carboxylic acid groups (broad SMARTS) is 1. The summed E-state index contributed by atoms with van der Waals surface area (Å²) in [4.78, 5) is 33.5. The number of rotatable bonds is 6. The number of piperidine rings is 1. The molecular formula is C35H46N6O3. The largest absolute Gasteiger partial charge is 0.481 e. The van der Waals surface area contributed by atoms with Gasteiger partial charge in [-0.05, 0) is 75.1 Å². The van der Waals surface area contributed by atoms with E-state index in [2.05, 4.69) is 72.5 Å². The van der Waals surface area contributed by atoms with Gasteiger partial charge >= 0.3 is 5.97 Å². The lowest BCUT2D eigenvalue weighted by Gasteiger charge is -2.40. The first-order chi connectivity index (χ1) is 21.0. The zero-order chi connectivity index (χ0) is 31.2. The Hall–Kier alpha value is -3.72. The number of pyridine rings is 1. The van der Waals surface area contributed by atoms with E-state index < -0.39 is 5.97 Å². The van der Waals surface area contributed by atoms with E-state index in [1.165, 1.54) is 11.1 Å². The van der Waals surface area contributed by atoms with Crippen molar-refractivity contribution >= 4 is 23.4 Å². The standard InChI is InChI=1S/C35H46N6O3/c1-22-19-41(20-23(2)44-22)30-9-13-36-34(38-30)40-14-10-26-17-27(7-8-28(26)21-40)32-25(4)37-24(3)29(18-31(42)43)33(32)39-15-11-35(5,6)12-16-39/h7-9,13,17,22-23H,10-12,14-16,18-21H2,1-6H3,(H,42,43). The van der Waals surface area contributed by atoms with E-state index in [-0.39, 0.29) is 18.6 Å². The Morgan fingerprint density at radius 3 is 2.39 bits per heavy atom. The summed E-state index contributed by atoms with van der Waals surface area (Å²) in [5.74, 6) is 0.889. The maximum atomic E-state index is 12.0. The van der Waals surface area contributed by atoms with Crippen LogP contribution in [0.1, 0.15) is 68.6 Å². The van der Waals surface area contributed by atoms with Gasteiger partial charge in [0.05, 0.1) is 24.3 Å². The van der Waals surface area contributed by atoms with Gasteiger partial charge in [0.2, 0.25) is 5.95 Å². The number of carbonyl (C=O) groups is 1. The number of hydrogen-bond acceptors (Lipinski definition) is 8. The molecule has 1 aromatic carbocycles. The maximum Gasteiger partial charge on any atom is 0.307 e. The van der Waals surface area contributed by atoms with E-state index in [1.54, 1.807) is 0 Å². The van der Waals surface area contributed by atoms with Crippen LogP contribution in [-0.2, 0) is 28.9 Å². The molecule has 3 aromatic rings. The van der Waals surface area contributed by atoms with Crippen molar-refractivity contribution < 1.29 is 14.6 Å². The lowest BCUT2D eigenvalue weighted by Crippen LogP contribution is -2.46. The summed E-state index contributed by atoms with van der Waals surface area (Å²) in [6.07, 6.45) is 5.22. The summed E-state index contributed by atoms with van der Waals surface area (Å²) in [6.45, 7) is 17.9. The van der Waals surface area contributed by atoms with Crippen LogP contribution in [0.4, 0.5) is 17.5 Å². The second-order valence-electron chi connectivity index (χ2n) is 13.7. The van der Waals surface area contributed by atoms with E-state index in [0.717, 1.165) is 104 Å². The third kappa shape index (κ3) is 6.25. The molecule has 2 fully saturated rings. The van der Waals surface area contributed by atoms with Crippen molar-refractivity contribution in [1.82, 2.24) is 15.0 Å². The normalized spacial score (nSPS) is 21.7. The van der Waals surface area contributed by atoms with Crippen molar-refractivity contribution in [1.29, 1.82) is 0 Å². The summed E-state index contributed by atoms with van der Waals surface area (Å²) in [5.41, 5.74) is 8.72. The molecule has 2 atom stereocenters. The van der Waals surface area contributed by atoms with Gasteiger partial charge in [-0.3, -0.25) is 9.78 Å². The minimum absolute atomic E-state index is 0.0252. The van der Waals surface area contributed by atoms with Crippen LogP contribution in [0.3, 0.4) is 0 Å². The number of morpholine rings is 1. The van der Waals surface area contributed by atoms with Crippen molar-refractivity contribution in [3.8, 4) is 11.1 Å². The molecule has 2 aromatic heterocycles. The maximum absolute atomic E-state index is 12.0. The molecule has 0 radical (unpaired) electrons. The first-order valence-corrected chi connectivity index (χ1v) is 16.0. The minimum Gasteiger partial charge on any atom is -0.481 e. The second-order valence-corrected chi connectivity index (χ2v) is 13.7. The van der Waals surface area contributed by atoms with Gasteiger partial charge in [-0.2, -0.15) is 4.98 Å². The predicted molar refractivity (Wildman–Crippen MR) is 175 cm³/mol. The molecule has 3 aliphatic rings. The first kappa shape index (κ1) is 30.3. The first-order valence-electron chi connectivity index (χ1n) is 16.0. The van der Waals surface area contributed by atoms with Crippen molar-refractivity contribution in [2.24, 2.45) is 5.41 Å². The predicted octanol–water partition coefficient (Wildman–Crippen LogP) is 5.59. The molecule has 0 aliphatic carbocycles. The number of carboxylic acids is 1. The highest BCUT2D eigenvalue weighted by Gasteiger charge is 2.31. The highest BCUT2D eigenvalue weighted by molar-refractivity contribution is 5.86. The summed E-state index contributed by atoms with van der Waals surface area (Å²) >= 11 is 0. The molecule has 0 amide bonds. The number of ether oxygens (including phenoxy) is 1. The van der Waals surface area contributed by atoms with E-state index in [4.69, 9.17) is 14.7 Å². The van der Waals surface area contributed by atoms with E-state index in [1.807, 2.05) is 19.2 Å². The van der Waals surface area contributed by atoms with Gasteiger partial charge in [-0.15, -0.1) is 0 Å². The van der Waals surface area contributed by atoms with Crippen LogP contribution in [0.25, 0.3) is 11.1 Å². The number of benzene rings is 1. The molecule has 0 bridgehead atoms. The smallest absolute Gasteiger partial charge is 0.307 e. The molecule has 2 unspecified atom stereocenters. The lowest BCUT2D eigenvalue weighted by molar-refractivity contribution is -0.136.